The molecule has 0 aliphatic rings. The first-order valence-corrected chi connectivity index (χ1v) is 6.30. The molecule has 1 rings (SSSR count). The number of benzene rings is 1. The highest BCUT2D eigenvalue weighted by Gasteiger charge is 2.02. The van der Waals surface area contributed by atoms with E-state index >= 15 is 0 Å². The van der Waals surface area contributed by atoms with Crippen LogP contribution in [-0.2, 0) is 0 Å². The topological polar surface area (TPSA) is 41.1 Å². The lowest BCUT2D eigenvalue weighted by molar-refractivity contribution is 0.252. The van der Waals surface area contributed by atoms with Gasteiger partial charge in [0.05, 0.1) is 5.02 Å². The van der Waals surface area contributed by atoms with Gasteiger partial charge in [-0.05, 0) is 40.5 Å². The van der Waals surface area contributed by atoms with Crippen LogP contribution in [0.5, 0.6) is 0 Å². The predicted octanol–water partition coefficient (Wildman–Crippen LogP) is 4.02. The summed E-state index contributed by atoms with van der Waals surface area (Å²) in [6, 6.07) is 5.06. The van der Waals surface area contributed by atoms with Crippen LogP contribution in [-0.4, -0.2) is 12.6 Å². The third kappa shape index (κ3) is 4.41. The molecule has 0 bridgehead atoms. The highest BCUT2D eigenvalue weighted by Crippen LogP contribution is 2.25. The van der Waals surface area contributed by atoms with Gasteiger partial charge in [-0.15, -0.1) is 0 Å². The van der Waals surface area contributed by atoms with Gasteiger partial charge in [-0.2, -0.15) is 0 Å². The number of nitrogens with one attached hydrogen (secondary N) is 2. The smallest absolute Gasteiger partial charge is 0.319 e. The molecule has 88 valence electrons. The quantitative estimate of drug-likeness (QED) is 0.810. The second kappa shape index (κ2) is 6.76. The van der Waals surface area contributed by atoms with Crippen molar-refractivity contribution in [1.29, 1.82) is 0 Å². The number of carbonyl (C=O) groups excluding carboxylic acids is 1. The van der Waals surface area contributed by atoms with Crippen molar-refractivity contribution in [2.75, 3.05) is 11.9 Å². The average Bonchev–Trinajstić information content (AvgIpc) is 2.24. The van der Waals surface area contributed by atoms with E-state index in [0.29, 0.717) is 17.3 Å². The van der Waals surface area contributed by atoms with Gasteiger partial charge in [-0.25, -0.2) is 4.79 Å². The Labute approximate surface area is 109 Å². The molecule has 1 aromatic rings. The molecule has 0 spiro atoms. The minimum absolute atomic E-state index is 0.192. The average molecular weight is 306 g/mol. The maximum Gasteiger partial charge on any atom is 0.319 e. The van der Waals surface area contributed by atoms with E-state index in [4.69, 9.17) is 11.6 Å². The van der Waals surface area contributed by atoms with Crippen LogP contribution in [0.2, 0.25) is 5.02 Å². The molecule has 0 heterocycles. The number of hydrogen-bond donors (Lipinski definition) is 2. The van der Waals surface area contributed by atoms with Gasteiger partial charge in [-0.1, -0.05) is 24.9 Å². The molecule has 2 N–H and O–H groups in total. The summed E-state index contributed by atoms with van der Waals surface area (Å²) in [7, 11) is 0. The van der Waals surface area contributed by atoms with Crippen LogP contribution in [0.1, 0.15) is 19.8 Å². The lowest BCUT2D eigenvalue weighted by Crippen LogP contribution is -2.29. The molecular formula is C11H14BrClN2O. The number of rotatable bonds is 4. The fraction of sp³-hybridized carbons (Fsp3) is 0.364. The van der Waals surface area contributed by atoms with Crippen LogP contribution >= 0.6 is 27.5 Å². The largest absolute Gasteiger partial charge is 0.338 e. The minimum atomic E-state index is -0.192. The van der Waals surface area contributed by atoms with Gasteiger partial charge in [0.2, 0.25) is 0 Å². The maximum atomic E-state index is 11.4. The third-order valence-electron chi connectivity index (χ3n) is 1.99. The molecule has 1 aromatic carbocycles. The first-order valence-electron chi connectivity index (χ1n) is 5.13. The van der Waals surface area contributed by atoms with Crippen molar-refractivity contribution < 1.29 is 4.79 Å². The summed E-state index contributed by atoms with van der Waals surface area (Å²) < 4.78 is 0.764. The zero-order valence-electron chi connectivity index (χ0n) is 9.02. The summed E-state index contributed by atoms with van der Waals surface area (Å²) in [5.41, 5.74) is 0.713. The molecule has 0 fully saturated rings. The fourth-order valence-corrected chi connectivity index (χ4v) is 1.62. The first kappa shape index (κ1) is 13.3. The van der Waals surface area contributed by atoms with Gasteiger partial charge in [0, 0.05) is 16.7 Å². The molecule has 0 aliphatic heterocycles. The lowest BCUT2D eigenvalue weighted by Gasteiger charge is -2.07. The van der Waals surface area contributed by atoms with Crippen LogP contribution in [0.4, 0.5) is 10.5 Å². The molecule has 3 nitrogen and oxygen atoms in total. The summed E-state index contributed by atoms with van der Waals surface area (Å²) in [6.07, 6.45) is 2.05. The summed E-state index contributed by atoms with van der Waals surface area (Å²) >= 11 is 9.14. The van der Waals surface area contributed by atoms with E-state index in [0.717, 1.165) is 17.3 Å². The molecule has 0 saturated carbocycles. The predicted molar refractivity (Wildman–Crippen MR) is 71.1 cm³/mol. The van der Waals surface area contributed by atoms with E-state index in [1.165, 1.54) is 0 Å². The monoisotopic (exact) mass is 304 g/mol. The number of hydrogen-bond acceptors (Lipinski definition) is 1. The Morgan fingerprint density at radius 2 is 2.25 bits per heavy atom. The van der Waals surface area contributed by atoms with Crippen molar-refractivity contribution in [1.82, 2.24) is 5.32 Å². The zero-order valence-corrected chi connectivity index (χ0v) is 11.4. The van der Waals surface area contributed by atoms with E-state index in [1.807, 2.05) is 0 Å². The molecule has 0 unspecified atom stereocenters. The second-order valence-electron chi connectivity index (χ2n) is 3.36. The number of urea groups is 1. The number of halogens is 2. The molecule has 0 aliphatic carbocycles. The van der Waals surface area contributed by atoms with Crippen molar-refractivity contribution in [2.45, 2.75) is 19.8 Å². The Balaban J connectivity index is 2.46. The van der Waals surface area contributed by atoms with E-state index in [1.54, 1.807) is 18.2 Å². The van der Waals surface area contributed by atoms with Gasteiger partial charge < -0.3 is 10.6 Å². The summed E-state index contributed by atoms with van der Waals surface area (Å²) in [6.45, 7) is 2.77. The van der Waals surface area contributed by atoms with Crippen molar-refractivity contribution in [3.63, 3.8) is 0 Å². The SMILES string of the molecule is CCCCNC(=O)Nc1ccc(Cl)c(Br)c1. The molecule has 5 heteroatoms. The summed E-state index contributed by atoms with van der Waals surface area (Å²) in [5, 5.41) is 6.12. The fourth-order valence-electron chi connectivity index (χ4n) is 1.13. The molecule has 0 saturated heterocycles. The van der Waals surface area contributed by atoms with Gasteiger partial charge >= 0.3 is 6.03 Å². The van der Waals surface area contributed by atoms with Gasteiger partial charge in [0.15, 0.2) is 0 Å². The lowest BCUT2D eigenvalue weighted by atomic mass is 10.3. The van der Waals surface area contributed by atoms with E-state index in [2.05, 4.69) is 33.5 Å². The van der Waals surface area contributed by atoms with Crippen LogP contribution < -0.4 is 10.6 Å². The van der Waals surface area contributed by atoms with Crippen molar-refractivity contribution >= 4 is 39.2 Å². The van der Waals surface area contributed by atoms with Crippen LogP contribution in [0.15, 0.2) is 22.7 Å². The molecule has 0 radical (unpaired) electrons. The van der Waals surface area contributed by atoms with Crippen molar-refractivity contribution in [3.05, 3.63) is 27.7 Å². The molecule has 2 amide bonds. The van der Waals surface area contributed by atoms with Crippen LogP contribution in [0.3, 0.4) is 0 Å². The molecule has 16 heavy (non-hydrogen) atoms. The van der Waals surface area contributed by atoms with Gasteiger partial charge in [0.25, 0.3) is 0 Å². The third-order valence-corrected chi connectivity index (χ3v) is 3.21. The molecule has 0 aromatic heterocycles. The van der Waals surface area contributed by atoms with E-state index in [-0.39, 0.29) is 6.03 Å². The first-order chi connectivity index (χ1) is 7.63. The van der Waals surface area contributed by atoms with Crippen molar-refractivity contribution in [3.8, 4) is 0 Å². The normalized spacial score (nSPS) is 9.94. The number of carbonyl (C=O) groups is 1. The second-order valence-corrected chi connectivity index (χ2v) is 4.62. The minimum Gasteiger partial charge on any atom is -0.338 e. The zero-order chi connectivity index (χ0) is 12.0. The number of amides is 2. The Morgan fingerprint density at radius 3 is 2.88 bits per heavy atom. The number of unbranched alkanes of at least 4 members (excludes halogenated alkanes) is 1. The Bertz CT molecular complexity index is 371. The van der Waals surface area contributed by atoms with Crippen molar-refractivity contribution in [2.24, 2.45) is 0 Å². The molecule has 0 atom stereocenters. The molecular weight excluding hydrogens is 291 g/mol. The summed E-state index contributed by atoms with van der Waals surface area (Å²) in [5.74, 6) is 0. The maximum absolute atomic E-state index is 11.4. The number of anilines is 1. The van der Waals surface area contributed by atoms with Gasteiger partial charge in [0.1, 0.15) is 0 Å². The summed E-state index contributed by atoms with van der Waals surface area (Å²) in [4.78, 5) is 11.4. The standard InChI is InChI=1S/C11H14BrClN2O/c1-2-3-6-14-11(16)15-8-4-5-10(13)9(12)7-8/h4-5,7H,2-3,6H2,1H3,(H2,14,15,16). The van der Waals surface area contributed by atoms with E-state index in [9.17, 15) is 4.79 Å². The van der Waals surface area contributed by atoms with Crippen LogP contribution in [0.25, 0.3) is 0 Å². The van der Waals surface area contributed by atoms with Crippen LogP contribution in [0, 0.1) is 0 Å². The highest BCUT2D eigenvalue weighted by molar-refractivity contribution is 9.10. The Kier molecular flexibility index (Phi) is 5.63. The Hall–Kier alpha value is -0.740. The highest BCUT2D eigenvalue weighted by atomic mass is 79.9. The Morgan fingerprint density at radius 1 is 1.50 bits per heavy atom. The van der Waals surface area contributed by atoms with E-state index < -0.39 is 0 Å². The van der Waals surface area contributed by atoms with Gasteiger partial charge in [-0.3, -0.25) is 0 Å².